The maximum atomic E-state index is 12.8. The molecule has 3 unspecified atom stereocenters. The van der Waals surface area contributed by atoms with Gasteiger partial charge in [-0.1, -0.05) is 53.2 Å². The molecule has 9 rings (SSSR count). The van der Waals surface area contributed by atoms with E-state index in [0.717, 1.165) is 18.4 Å². The molecule has 0 aromatic carbocycles. The molecule has 5 aliphatic heterocycles. The van der Waals surface area contributed by atoms with Crippen LogP contribution >= 0.6 is 0 Å². The second-order valence-electron chi connectivity index (χ2n) is 28.7. The Balaban J connectivity index is 0.883. The molecule has 89 heavy (non-hydrogen) atoms. The van der Waals surface area contributed by atoms with Crippen molar-refractivity contribution in [1.82, 2.24) is 0 Å². The summed E-state index contributed by atoms with van der Waals surface area (Å²) >= 11 is 0. The molecule has 0 aromatic rings. The molecule has 29 heteroatoms. The van der Waals surface area contributed by atoms with Gasteiger partial charge in [-0.3, -0.25) is 0 Å². The predicted molar refractivity (Wildman–Crippen MR) is 300 cm³/mol. The molecule has 5 saturated heterocycles. The molecule has 19 N–H and O–H groups in total. The molecule has 0 radical (unpaired) electrons. The molecule has 35 atom stereocenters. The minimum atomic E-state index is -1.96. The summed E-state index contributed by atoms with van der Waals surface area (Å²) < 4.78 is 59.3. The average molecular weight is 1290 g/mol. The third-order valence-corrected chi connectivity index (χ3v) is 22.9. The van der Waals surface area contributed by atoms with E-state index in [2.05, 4.69) is 33.8 Å². The highest BCUT2D eigenvalue weighted by atomic mass is 16.8. The SMILES string of the molecule is C[C@H](CC[C@@H](O[C@@H]1O[C@H](CO[C@H]2O[C@H](CO)[C@@H](O)[C@H](O)[C@H]2O)[C@@H](O)[C@H](O)[C@H]1O[C@H]1O[C@@H](CO)[C@H](O)[C@@H](O)[C@@H]1O)C(C)(C)O)C1CC[C@@]2(C)C3CC=C4C(CC[C@H](O[C@@H]5O[C@H](CO[C@H]6O[C@H](CO)[C@@H](O)[C@H](O)[C@H]6O)[C@@H](O)[C@H](O)[C@H]5O)C4(C)C)[C@]3(C)[C@H](O)C[C@]12C. The Bertz CT molecular complexity index is 2340. The van der Waals surface area contributed by atoms with Gasteiger partial charge < -0.3 is 144 Å². The normalized spacial score (nSPS) is 51.8. The summed E-state index contributed by atoms with van der Waals surface area (Å²) in [5.74, 6) is -0.0172. The van der Waals surface area contributed by atoms with Crippen molar-refractivity contribution in [1.29, 1.82) is 0 Å². The molecular weight excluding hydrogens is 1180 g/mol. The summed E-state index contributed by atoms with van der Waals surface area (Å²) in [6.45, 7) is 12.6. The maximum Gasteiger partial charge on any atom is 0.187 e. The molecule has 5 heterocycles. The summed E-state index contributed by atoms with van der Waals surface area (Å²) in [5, 5.41) is 205. The largest absolute Gasteiger partial charge is 0.394 e. The molecule has 0 amide bonds. The quantitative estimate of drug-likeness (QED) is 0.0506. The van der Waals surface area contributed by atoms with Crippen molar-refractivity contribution in [2.24, 2.45) is 45.3 Å². The second kappa shape index (κ2) is 27.6. The number of ether oxygens (including phenoxy) is 10. The molecule has 9 aliphatic rings. The van der Waals surface area contributed by atoms with Crippen molar-refractivity contribution in [3.8, 4) is 0 Å². The zero-order valence-electron chi connectivity index (χ0n) is 51.8. The number of aliphatic hydroxyl groups excluding tert-OH is 18. The minimum absolute atomic E-state index is 0.0310. The minimum Gasteiger partial charge on any atom is -0.394 e. The van der Waals surface area contributed by atoms with Crippen molar-refractivity contribution >= 4 is 0 Å². The maximum absolute atomic E-state index is 12.8. The van der Waals surface area contributed by atoms with Crippen molar-refractivity contribution in [3.63, 3.8) is 0 Å². The van der Waals surface area contributed by atoms with Crippen LogP contribution < -0.4 is 0 Å². The van der Waals surface area contributed by atoms with Gasteiger partial charge in [0.2, 0.25) is 0 Å². The van der Waals surface area contributed by atoms with E-state index in [1.807, 2.05) is 13.8 Å². The van der Waals surface area contributed by atoms with Crippen LogP contribution in [0.1, 0.15) is 107 Å². The number of allylic oxidation sites excluding steroid dienone is 1. The van der Waals surface area contributed by atoms with Gasteiger partial charge in [-0.25, -0.2) is 0 Å². The second-order valence-corrected chi connectivity index (χ2v) is 28.7. The lowest BCUT2D eigenvalue weighted by Crippen LogP contribution is -2.65. The Kier molecular flexibility index (Phi) is 22.3. The number of fused-ring (bicyclic) bond motifs is 5. The number of rotatable bonds is 20. The Labute approximate surface area is 517 Å². The van der Waals surface area contributed by atoms with Crippen LogP contribution in [0.15, 0.2) is 11.6 Å². The van der Waals surface area contributed by atoms with E-state index in [-0.39, 0.29) is 35.5 Å². The number of hydrogen-bond donors (Lipinski definition) is 19. The Morgan fingerprint density at radius 3 is 1.45 bits per heavy atom. The lowest BCUT2D eigenvalue weighted by Gasteiger charge is -2.67. The van der Waals surface area contributed by atoms with Crippen LogP contribution in [0.3, 0.4) is 0 Å². The van der Waals surface area contributed by atoms with Crippen LogP contribution in [-0.2, 0) is 47.4 Å². The Morgan fingerprint density at radius 2 is 0.955 bits per heavy atom. The van der Waals surface area contributed by atoms with E-state index in [1.54, 1.807) is 0 Å². The number of aliphatic hydroxyl groups is 19. The van der Waals surface area contributed by atoms with E-state index in [1.165, 1.54) is 13.8 Å². The van der Waals surface area contributed by atoms with E-state index < -0.39 is 227 Å². The van der Waals surface area contributed by atoms with E-state index in [9.17, 15) is 97.0 Å². The van der Waals surface area contributed by atoms with Crippen molar-refractivity contribution in [2.75, 3.05) is 33.0 Å². The smallest absolute Gasteiger partial charge is 0.187 e. The molecular formula is C60H102O29. The molecule has 0 aromatic heterocycles. The highest BCUT2D eigenvalue weighted by Gasteiger charge is 2.70. The summed E-state index contributed by atoms with van der Waals surface area (Å²) in [4.78, 5) is 0. The van der Waals surface area contributed by atoms with Crippen LogP contribution in [0.2, 0.25) is 0 Å². The van der Waals surface area contributed by atoms with Crippen LogP contribution in [-0.4, -0.2) is 308 Å². The van der Waals surface area contributed by atoms with Gasteiger partial charge in [0.05, 0.1) is 56.9 Å². The first-order valence-electron chi connectivity index (χ1n) is 31.6. The Hall–Kier alpha value is -1.42. The van der Waals surface area contributed by atoms with Crippen molar-refractivity contribution in [3.05, 3.63) is 11.6 Å². The van der Waals surface area contributed by atoms with Crippen LogP contribution in [0.5, 0.6) is 0 Å². The molecule has 29 nitrogen and oxygen atoms in total. The fourth-order valence-corrected chi connectivity index (χ4v) is 17.0. The van der Waals surface area contributed by atoms with Gasteiger partial charge in [-0.2, -0.15) is 0 Å². The summed E-state index contributed by atoms with van der Waals surface area (Å²) in [6.07, 6.45) is -37.4. The van der Waals surface area contributed by atoms with Crippen molar-refractivity contribution in [2.45, 2.75) is 284 Å². The third-order valence-electron chi connectivity index (χ3n) is 22.9. The van der Waals surface area contributed by atoms with E-state index >= 15 is 0 Å². The van der Waals surface area contributed by atoms with Gasteiger partial charge in [0.15, 0.2) is 31.5 Å². The van der Waals surface area contributed by atoms with Gasteiger partial charge >= 0.3 is 0 Å². The molecule has 4 aliphatic carbocycles. The lowest BCUT2D eigenvalue weighted by atomic mass is 9.38. The monoisotopic (exact) mass is 1290 g/mol. The predicted octanol–water partition coefficient (Wildman–Crippen LogP) is -5.41. The standard InChI is InChI=1S/C60H102O29/c1-23(9-13-35(57(4,5)79)88-55-50(89-54-49(78)43(72)38(67)29(20-63)84-54)45(74)40(69)31(86-55)22-81-52-47(76)42(71)37(66)28(19-62)83-52)24-15-16-58(6)32-12-10-25-26(60(32,8)33(64)17-59(24,58)7)11-14-34(56(25,2)3)87-53-48(77)44(73)39(68)30(85-53)21-80-51-46(75)41(70)36(65)27(18-61)82-51/h10,23-24,26-55,61-79H,9,11-22H2,1-8H3/t23-,24?,26?,27-,28-,29+,30-,31-,32?,33-,34+,35-,36-,37-,38+,39-,40-,41+,42+,43-,44+,45+,46-,47-,48-,49+,50-,51+,52+,53+,54-,55+,58+,59-,60+/m1/s1. The van der Waals surface area contributed by atoms with Gasteiger partial charge in [0.1, 0.15) is 122 Å². The first-order valence-corrected chi connectivity index (χ1v) is 31.6. The van der Waals surface area contributed by atoms with Crippen LogP contribution in [0, 0.1) is 45.3 Å². The lowest BCUT2D eigenvalue weighted by molar-refractivity contribution is -0.380. The van der Waals surface area contributed by atoms with E-state index in [0.29, 0.717) is 32.1 Å². The van der Waals surface area contributed by atoms with Crippen LogP contribution in [0.4, 0.5) is 0 Å². The summed E-state index contributed by atoms with van der Waals surface area (Å²) in [7, 11) is 0. The summed E-state index contributed by atoms with van der Waals surface area (Å²) in [5.41, 5.74) is -2.49. The summed E-state index contributed by atoms with van der Waals surface area (Å²) in [6, 6.07) is 0. The van der Waals surface area contributed by atoms with Gasteiger partial charge in [-0.05, 0) is 99.7 Å². The first kappa shape index (κ1) is 71.9. The van der Waals surface area contributed by atoms with Gasteiger partial charge in [0, 0.05) is 10.8 Å². The zero-order valence-corrected chi connectivity index (χ0v) is 51.8. The zero-order chi connectivity index (χ0) is 65.5. The molecule has 3 saturated carbocycles. The fourth-order valence-electron chi connectivity index (χ4n) is 17.0. The molecule has 8 fully saturated rings. The Morgan fingerprint density at radius 1 is 0.517 bits per heavy atom. The van der Waals surface area contributed by atoms with Crippen LogP contribution in [0.25, 0.3) is 0 Å². The molecule has 0 spiro atoms. The highest BCUT2D eigenvalue weighted by molar-refractivity contribution is 5.32. The third kappa shape index (κ3) is 13.1. The highest BCUT2D eigenvalue weighted by Crippen LogP contribution is 2.75. The molecule has 516 valence electrons. The topological polar surface area (TPSA) is 477 Å². The van der Waals surface area contributed by atoms with Crippen molar-refractivity contribution < 1.29 is 144 Å². The number of hydrogen-bond acceptors (Lipinski definition) is 29. The fraction of sp³-hybridized carbons (Fsp3) is 0.967. The van der Waals surface area contributed by atoms with Gasteiger partial charge in [-0.15, -0.1) is 0 Å². The van der Waals surface area contributed by atoms with E-state index in [4.69, 9.17) is 47.4 Å². The molecule has 0 bridgehead atoms. The average Bonchev–Trinajstić information content (AvgIpc) is 1.66. The van der Waals surface area contributed by atoms with Gasteiger partial charge in [0.25, 0.3) is 0 Å². The first-order chi connectivity index (χ1) is 41.6.